The Labute approximate surface area is 166 Å². The van der Waals surface area contributed by atoms with Crippen LogP contribution in [0.5, 0.6) is 11.5 Å². The quantitative estimate of drug-likeness (QED) is 0.663. The van der Waals surface area contributed by atoms with E-state index >= 15 is 0 Å². The van der Waals surface area contributed by atoms with E-state index in [9.17, 15) is 9.18 Å². The summed E-state index contributed by atoms with van der Waals surface area (Å²) in [5.74, 6) is 1.20. The fraction of sp³-hybridized carbons (Fsp3) is 0.286. The van der Waals surface area contributed by atoms with Crippen LogP contribution in [0.1, 0.15) is 9.67 Å². The standard InChI is InChI=1S/C21H21FN2O3S/c1-26-17-7-8-18(27-2)20-14(17)13-19(28-20)21(25)24-11-9-23(10-12-24)16-6-4-3-5-15(16)22/h3-8,13H,9-12H2,1-2H3. The molecule has 0 N–H and O–H groups in total. The van der Waals surface area contributed by atoms with Crippen LogP contribution in [0.3, 0.4) is 0 Å². The fourth-order valence-electron chi connectivity index (χ4n) is 3.53. The van der Waals surface area contributed by atoms with Crippen LogP contribution in [0.25, 0.3) is 10.1 Å². The maximum absolute atomic E-state index is 14.0. The van der Waals surface area contributed by atoms with Crippen LogP contribution in [-0.2, 0) is 0 Å². The molecule has 7 heteroatoms. The molecule has 3 aromatic rings. The highest BCUT2D eigenvalue weighted by Crippen LogP contribution is 2.39. The molecule has 1 fully saturated rings. The molecule has 0 bridgehead atoms. The lowest BCUT2D eigenvalue weighted by Gasteiger charge is -2.36. The summed E-state index contributed by atoms with van der Waals surface area (Å²) in [5.41, 5.74) is 0.589. The Morgan fingerprint density at radius 3 is 2.36 bits per heavy atom. The number of piperazine rings is 1. The number of ether oxygens (including phenoxy) is 2. The van der Waals surface area contributed by atoms with E-state index in [0.717, 1.165) is 21.6 Å². The molecule has 2 heterocycles. The van der Waals surface area contributed by atoms with Gasteiger partial charge in [0.2, 0.25) is 0 Å². The third kappa shape index (κ3) is 3.26. The Bertz CT molecular complexity index is 971. The van der Waals surface area contributed by atoms with Gasteiger partial charge in [-0.05, 0) is 30.3 Å². The minimum absolute atomic E-state index is 0.0153. The summed E-state index contributed by atoms with van der Waals surface area (Å²) >= 11 is 1.41. The first-order valence-corrected chi connectivity index (χ1v) is 9.87. The van der Waals surface area contributed by atoms with Gasteiger partial charge in [-0.25, -0.2) is 4.39 Å². The summed E-state index contributed by atoms with van der Waals surface area (Å²) in [6, 6.07) is 12.3. The molecule has 0 atom stereocenters. The topological polar surface area (TPSA) is 42.0 Å². The second-order valence-electron chi connectivity index (χ2n) is 6.55. The highest BCUT2D eigenvalue weighted by atomic mass is 32.1. The number of amides is 1. The smallest absolute Gasteiger partial charge is 0.264 e. The number of hydrogen-bond donors (Lipinski definition) is 0. The van der Waals surface area contributed by atoms with Gasteiger partial charge in [-0.15, -0.1) is 11.3 Å². The third-order valence-electron chi connectivity index (χ3n) is 5.02. The van der Waals surface area contributed by atoms with Crippen LogP contribution in [0.4, 0.5) is 10.1 Å². The molecule has 1 saturated heterocycles. The molecule has 0 unspecified atom stereocenters. The van der Waals surface area contributed by atoms with E-state index in [1.165, 1.54) is 17.4 Å². The van der Waals surface area contributed by atoms with E-state index in [1.807, 2.05) is 34.1 Å². The Hall–Kier alpha value is -2.80. The maximum atomic E-state index is 14.0. The first-order chi connectivity index (χ1) is 13.6. The molecule has 1 aliphatic rings. The second-order valence-corrected chi connectivity index (χ2v) is 7.61. The minimum atomic E-state index is -0.231. The van der Waals surface area contributed by atoms with Crippen molar-refractivity contribution in [3.63, 3.8) is 0 Å². The number of methoxy groups -OCH3 is 2. The number of anilines is 1. The zero-order valence-corrected chi connectivity index (χ0v) is 16.6. The van der Waals surface area contributed by atoms with Crippen molar-refractivity contribution in [1.29, 1.82) is 0 Å². The summed E-state index contributed by atoms with van der Waals surface area (Å²) in [4.78, 5) is 17.5. The Morgan fingerprint density at radius 1 is 1.00 bits per heavy atom. The molecule has 146 valence electrons. The lowest BCUT2D eigenvalue weighted by molar-refractivity contribution is 0.0751. The molecular weight excluding hydrogens is 379 g/mol. The van der Waals surface area contributed by atoms with Crippen molar-refractivity contribution in [1.82, 2.24) is 4.90 Å². The number of fused-ring (bicyclic) bond motifs is 1. The van der Waals surface area contributed by atoms with E-state index in [-0.39, 0.29) is 11.7 Å². The Balaban J connectivity index is 1.54. The second kappa shape index (κ2) is 7.67. The lowest BCUT2D eigenvalue weighted by Crippen LogP contribution is -2.48. The summed E-state index contributed by atoms with van der Waals surface area (Å²) in [7, 11) is 3.23. The number of nitrogens with zero attached hydrogens (tertiary/aromatic N) is 2. The first-order valence-electron chi connectivity index (χ1n) is 9.05. The highest BCUT2D eigenvalue weighted by Gasteiger charge is 2.25. The molecule has 0 saturated carbocycles. The molecule has 4 rings (SSSR count). The molecular formula is C21H21FN2O3S. The zero-order chi connectivity index (χ0) is 19.7. The van der Waals surface area contributed by atoms with Gasteiger partial charge in [-0.1, -0.05) is 12.1 Å². The van der Waals surface area contributed by atoms with Gasteiger partial charge in [0, 0.05) is 31.6 Å². The average molecular weight is 400 g/mol. The van der Waals surface area contributed by atoms with Gasteiger partial charge in [0.25, 0.3) is 5.91 Å². The summed E-state index contributed by atoms with van der Waals surface area (Å²) < 4.78 is 25.8. The molecule has 1 aliphatic heterocycles. The number of halogens is 1. The Kier molecular flexibility index (Phi) is 5.09. The van der Waals surface area contributed by atoms with Crippen molar-refractivity contribution in [2.75, 3.05) is 45.3 Å². The predicted molar refractivity (Wildman–Crippen MR) is 109 cm³/mol. The van der Waals surface area contributed by atoms with Gasteiger partial charge in [0.15, 0.2) is 0 Å². The van der Waals surface area contributed by atoms with Gasteiger partial charge in [-0.3, -0.25) is 4.79 Å². The van der Waals surface area contributed by atoms with Gasteiger partial charge in [0.1, 0.15) is 17.3 Å². The number of para-hydroxylation sites is 1. The predicted octanol–water partition coefficient (Wildman–Crippen LogP) is 4.02. The molecule has 1 amide bonds. The van der Waals surface area contributed by atoms with E-state index < -0.39 is 0 Å². The minimum Gasteiger partial charge on any atom is -0.496 e. The number of benzene rings is 2. The summed E-state index contributed by atoms with van der Waals surface area (Å²) in [5, 5.41) is 0.875. The molecule has 0 radical (unpaired) electrons. The van der Waals surface area contributed by atoms with Crippen molar-refractivity contribution in [2.45, 2.75) is 0 Å². The van der Waals surface area contributed by atoms with Gasteiger partial charge in [-0.2, -0.15) is 0 Å². The molecule has 5 nitrogen and oxygen atoms in total. The van der Waals surface area contributed by atoms with Crippen LogP contribution in [0, 0.1) is 5.82 Å². The normalized spacial score (nSPS) is 14.4. The maximum Gasteiger partial charge on any atom is 0.264 e. The van der Waals surface area contributed by atoms with Gasteiger partial charge in [0.05, 0.1) is 29.5 Å². The Morgan fingerprint density at radius 2 is 1.68 bits per heavy atom. The van der Waals surface area contributed by atoms with Crippen LogP contribution < -0.4 is 14.4 Å². The van der Waals surface area contributed by atoms with E-state index in [2.05, 4.69) is 0 Å². The van der Waals surface area contributed by atoms with Gasteiger partial charge >= 0.3 is 0 Å². The summed E-state index contributed by atoms with van der Waals surface area (Å²) in [6.45, 7) is 2.31. The van der Waals surface area contributed by atoms with E-state index in [4.69, 9.17) is 9.47 Å². The van der Waals surface area contributed by atoms with Crippen molar-refractivity contribution in [2.24, 2.45) is 0 Å². The molecule has 2 aromatic carbocycles. The lowest BCUT2D eigenvalue weighted by atomic mass is 10.2. The molecule has 28 heavy (non-hydrogen) atoms. The van der Waals surface area contributed by atoms with E-state index in [0.29, 0.717) is 36.7 Å². The van der Waals surface area contributed by atoms with Gasteiger partial charge < -0.3 is 19.3 Å². The highest BCUT2D eigenvalue weighted by molar-refractivity contribution is 7.21. The largest absolute Gasteiger partial charge is 0.496 e. The molecule has 0 aliphatic carbocycles. The SMILES string of the molecule is COc1ccc(OC)c2sc(C(=O)N3CCN(c4ccccc4F)CC3)cc12. The van der Waals surface area contributed by atoms with Crippen LogP contribution in [0.2, 0.25) is 0 Å². The third-order valence-corrected chi connectivity index (χ3v) is 6.16. The number of carbonyl (C=O) groups excluding carboxylic acids is 1. The molecule has 1 aromatic heterocycles. The van der Waals surface area contributed by atoms with Crippen LogP contribution in [0.15, 0.2) is 42.5 Å². The number of hydrogen-bond acceptors (Lipinski definition) is 5. The number of thiophene rings is 1. The number of carbonyl (C=O) groups is 1. The fourth-order valence-corrected chi connectivity index (χ4v) is 4.67. The molecule has 0 spiro atoms. The number of rotatable bonds is 4. The monoisotopic (exact) mass is 400 g/mol. The van der Waals surface area contributed by atoms with Crippen molar-refractivity contribution in [3.8, 4) is 11.5 Å². The summed E-state index contributed by atoms with van der Waals surface area (Å²) in [6.07, 6.45) is 0. The van der Waals surface area contributed by atoms with Crippen LogP contribution >= 0.6 is 11.3 Å². The van der Waals surface area contributed by atoms with E-state index in [1.54, 1.807) is 26.4 Å². The van der Waals surface area contributed by atoms with Crippen molar-refractivity contribution in [3.05, 3.63) is 53.2 Å². The average Bonchev–Trinajstić information content (AvgIpc) is 3.18. The zero-order valence-electron chi connectivity index (χ0n) is 15.8. The first kappa shape index (κ1) is 18.6. The van der Waals surface area contributed by atoms with Crippen LogP contribution in [-0.4, -0.2) is 51.2 Å². The van der Waals surface area contributed by atoms with Crippen molar-refractivity contribution >= 4 is 33.0 Å². The van der Waals surface area contributed by atoms with Crippen molar-refractivity contribution < 1.29 is 18.7 Å².